The van der Waals surface area contributed by atoms with Gasteiger partial charge in [-0.25, -0.2) is 0 Å². The Kier molecular flexibility index (Phi) is 4.00. The maximum absolute atomic E-state index is 10.8. The normalized spacial score (nSPS) is 22.5. The Morgan fingerprint density at radius 1 is 1.50 bits per heavy atom. The molecule has 0 bridgehead atoms. The van der Waals surface area contributed by atoms with Crippen molar-refractivity contribution in [3.05, 3.63) is 24.3 Å². The summed E-state index contributed by atoms with van der Waals surface area (Å²) < 4.78 is 0. The zero-order valence-corrected chi connectivity index (χ0v) is 6.52. The number of carbonyl (C=O) groups excluding carboxylic acids is 1. The Balaban J connectivity index is 0.000000810. The molecule has 0 aromatic rings. The number of allylic oxidation sites excluding steroid dienone is 2. The summed E-state index contributed by atoms with van der Waals surface area (Å²) in [6, 6.07) is -0.102. The van der Waals surface area contributed by atoms with Gasteiger partial charge in [-0.1, -0.05) is 18.2 Å². The average Bonchev–Trinajstić information content (AvgIpc) is 1.89. The van der Waals surface area contributed by atoms with E-state index in [-0.39, 0.29) is 24.2 Å². The van der Waals surface area contributed by atoms with E-state index in [1.807, 2.05) is 12.2 Å². The molecule has 3 heteroatoms. The molecule has 1 aliphatic rings. The molecule has 0 saturated carbocycles. The molecule has 0 radical (unpaired) electrons. The molecule has 0 fully saturated rings. The number of nitrogens with one attached hydrogen (secondary N) is 1. The molecule has 0 amide bonds. The highest BCUT2D eigenvalue weighted by Crippen LogP contribution is 1.96. The highest BCUT2D eigenvalue weighted by Gasteiger charge is 2.10. The molecule has 1 aliphatic carbocycles. The van der Waals surface area contributed by atoms with Crippen LogP contribution in [-0.4, -0.2) is 18.9 Å². The molecule has 1 rings (SSSR count). The zero-order valence-electron chi connectivity index (χ0n) is 5.70. The number of likely N-dealkylation sites (N-methyl/N-ethyl adjacent to an activating group) is 1. The molecule has 1 atom stereocenters. The maximum atomic E-state index is 10.8. The molecule has 0 spiro atoms. The number of hydrogen-bond donors (Lipinski definition) is 1. The molecular formula is C7H10ClNO. The van der Waals surface area contributed by atoms with Gasteiger partial charge in [-0.05, 0) is 13.1 Å². The second-order valence-electron chi connectivity index (χ2n) is 1.91. The molecule has 56 valence electrons. The first-order valence-electron chi connectivity index (χ1n) is 2.90. The number of rotatable bonds is 1. The van der Waals surface area contributed by atoms with Crippen LogP contribution in [0, 0.1) is 0 Å². The summed E-state index contributed by atoms with van der Waals surface area (Å²) in [6.45, 7) is 0. The van der Waals surface area contributed by atoms with Crippen molar-refractivity contribution in [2.24, 2.45) is 0 Å². The Morgan fingerprint density at radius 2 is 2.20 bits per heavy atom. The lowest BCUT2D eigenvalue weighted by molar-refractivity contribution is -0.115. The van der Waals surface area contributed by atoms with Gasteiger partial charge in [0.25, 0.3) is 0 Å². The molecule has 10 heavy (non-hydrogen) atoms. The van der Waals surface area contributed by atoms with E-state index in [1.165, 1.54) is 0 Å². The Morgan fingerprint density at radius 3 is 2.60 bits per heavy atom. The van der Waals surface area contributed by atoms with Crippen molar-refractivity contribution >= 4 is 18.2 Å². The van der Waals surface area contributed by atoms with Crippen molar-refractivity contribution in [1.82, 2.24) is 5.32 Å². The molecular weight excluding hydrogens is 150 g/mol. The standard InChI is InChI=1S/C7H9NO.ClH/c1-8-6-4-2-3-5-7(6)9;/h2-6,8H,1H3;1H. The number of halogens is 1. The Bertz CT molecular complexity index is 174. The number of ketones is 1. The van der Waals surface area contributed by atoms with Gasteiger partial charge in [-0.3, -0.25) is 4.79 Å². The first kappa shape index (κ1) is 9.40. The Labute approximate surface area is 66.4 Å². The van der Waals surface area contributed by atoms with E-state index >= 15 is 0 Å². The lowest BCUT2D eigenvalue weighted by Crippen LogP contribution is -2.31. The summed E-state index contributed by atoms with van der Waals surface area (Å²) in [7, 11) is 1.77. The van der Waals surface area contributed by atoms with E-state index in [4.69, 9.17) is 0 Å². The van der Waals surface area contributed by atoms with Gasteiger partial charge in [0.2, 0.25) is 0 Å². The monoisotopic (exact) mass is 159 g/mol. The Hall–Kier alpha value is -0.600. The van der Waals surface area contributed by atoms with E-state index in [1.54, 1.807) is 19.2 Å². The highest BCUT2D eigenvalue weighted by atomic mass is 35.5. The summed E-state index contributed by atoms with van der Waals surface area (Å²) in [5.41, 5.74) is 0. The summed E-state index contributed by atoms with van der Waals surface area (Å²) in [4.78, 5) is 10.8. The predicted octanol–water partition coefficient (Wildman–Crippen LogP) is 0.691. The third-order valence-electron chi connectivity index (χ3n) is 1.29. The first-order valence-corrected chi connectivity index (χ1v) is 2.90. The van der Waals surface area contributed by atoms with Crippen LogP contribution in [0.1, 0.15) is 0 Å². The maximum Gasteiger partial charge on any atom is 0.176 e. The summed E-state index contributed by atoms with van der Waals surface area (Å²) in [6.07, 6.45) is 7.02. The van der Waals surface area contributed by atoms with Crippen molar-refractivity contribution < 1.29 is 4.79 Å². The summed E-state index contributed by atoms with van der Waals surface area (Å²) in [5.74, 6) is 0.125. The fraction of sp³-hybridized carbons (Fsp3) is 0.286. The van der Waals surface area contributed by atoms with Crippen LogP contribution in [0.2, 0.25) is 0 Å². The summed E-state index contributed by atoms with van der Waals surface area (Å²) >= 11 is 0. The quantitative estimate of drug-likeness (QED) is 0.610. The van der Waals surface area contributed by atoms with Crippen LogP contribution < -0.4 is 5.32 Å². The molecule has 0 saturated heterocycles. The van der Waals surface area contributed by atoms with Crippen LogP contribution in [0.25, 0.3) is 0 Å². The topological polar surface area (TPSA) is 29.1 Å². The SMILES string of the molecule is CNC1C=CC=CC1=O.Cl. The third-order valence-corrected chi connectivity index (χ3v) is 1.29. The minimum absolute atomic E-state index is 0. The van der Waals surface area contributed by atoms with Crippen LogP contribution >= 0.6 is 12.4 Å². The van der Waals surface area contributed by atoms with Gasteiger partial charge in [-0.2, -0.15) is 0 Å². The van der Waals surface area contributed by atoms with Crippen molar-refractivity contribution in [2.45, 2.75) is 6.04 Å². The van der Waals surface area contributed by atoms with Gasteiger partial charge in [0.15, 0.2) is 5.78 Å². The fourth-order valence-corrected chi connectivity index (χ4v) is 0.763. The minimum atomic E-state index is -0.102. The zero-order chi connectivity index (χ0) is 6.69. The van der Waals surface area contributed by atoms with E-state index in [9.17, 15) is 4.79 Å². The van der Waals surface area contributed by atoms with Gasteiger partial charge in [-0.15, -0.1) is 12.4 Å². The predicted molar refractivity (Wildman–Crippen MR) is 43.4 cm³/mol. The van der Waals surface area contributed by atoms with E-state index in [2.05, 4.69) is 5.32 Å². The number of carbonyl (C=O) groups is 1. The van der Waals surface area contributed by atoms with Gasteiger partial charge < -0.3 is 5.32 Å². The third kappa shape index (κ3) is 1.97. The lowest BCUT2D eigenvalue weighted by Gasteiger charge is -2.08. The van der Waals surface area contributed by atoms with Gasteiger partial charge in [0, 0.05) is 0 Å². The average molecular weight is 160 g/mol. The second kappa shape index (κ2) is 4.25. The van der Waals surface area contributed by atoms with Crippen LogP contribution in [-0.2, 0) is 4.79 Å². The van der Waals surface area contributed by atoms with Crippen LogP contribution in [0.5, 0.6) is 0 Å². The van der Waals surface area contributed by atoms with E-state index in [0.29, 0.717) is 0 Å². The van der Waals surface area contributed by atoms with Crippen LogP contribution in [0.3, 0.4) is 0 Å². The fourth-order valence-electron chi connectivity index (χ4n) is 0.763. The first-order chi connectivity index (χ1) is 4.34. The highest BCUT2D eigenvalue weighted by molar-refractivity contribution is 5.97. The van der Waals surface area contributed by atoms with Crippen molar-refractivity contribution in [1.29, 1.82) is 0 Å². The molecule has 1 unspecified atom stereocenters. The molecule has 1 N–H and O–H groups in total. The van der Waals surface area contributed by atoms with E-state index in [0.717, 1.165) is 0 Å². The lowest BCUT2D eigenvalue weighted by atomic mass is 10.1. The molecule has 0 heterocycles. The number of hydrogen-bond acceptors (Lipinski definition) is 2. The second-order valence-corrected chi connectivity index (χ2v) is 1.91. The molecule has 0 aromatic heterocycles. The van der Waals surface area contributed by atoms with Crippen LogP contribution in [0.15, 0.2) is 24.3 Å². The van der Waals surface area contributed by atoms with Gasteiger partial charge in [0.1, 0.15) is 0 Å². The van der Waals surface area contributed by atoms with Gasteiger partial charge >= 0.3 is 0 Å². The minimum Gasteiger partial charge on any atom is -0.307 e. The van der Waals surface area contributed by atoms with E-state index < -0.39 is 0 Å². The molecule has 0 aromatic carbocycles. The smallest absolute Gasteiger partial charge is 0.176 e. The van der Waals surface area contributed by atoms with Crippen molar-refractivity contribution in [2.75, 3.05) is 7.05 Å². The molecule has 2 nitrogen and oxygen atoms in total. The van der Waals surface area contributed by atoms with Crippen LogP contribution in [0.4, 0.5) is 0 Å². The summed E-state index contributed by atoms with van der Waals surface area (Å²) in [5, 5.41) is 2.87. The molecule has 0 aliphatic heterocycles. The van der Waals surface area contributed by atoms with Crippen molar-refractivity contribution in [3.63, 3.8) is 0 Å². The largest absolute Gasteiger partial charge is 0.307 e. The van der Waals surface area contributed by atoms with Crippen molar-refractivity contribution in [3.8, 4) is 0 Å². The van der Waals surface area contributed by atoms with Gasteiger partial charge in [0.05, 0.1) is 6.04 Å².